The van der Waals surface area contributed by atoms with E-state index in [1.807, 2.05) is 27.7 Å². The molecule has 0 aromatic rings. The quantitative estimate of drug-likeness (QED) is 0.615. The Labute approximate surface area is 90.8 Å². The van der Waals surface area contributed by atoms with Crippen molar-refractivity contribution in [3.05, 3.63) is 0 Å². The topological polar surface area (TPSA) is 53.3 Å². The minimum absolute atomic E-state index is 0.0486. The second-order valence-electron chi connectivity index (χ2n) is 5.04. The van der Waals surface area contributed by atoms with E-state index in [1.54, 1.807) is 4.90 Å². The molecule has 1 heterocycles. The summed E-state index contributed by atoms with van der Waals surface area (Å²) in [5, 5.41) is 8.79. The summed E-state index contributed by atoms with van der Waals surface area (Å²) in [4.78, 5) is 13.4. The lowest BCUT2D eigenvalue weighted by Gasteiger charge is -2.26. The number of hydrogen-bond acceptors (Lipinski definition) is 3. The molecule has 0 aromatic carbocycles. The molecule has 1 fully saturated rings. The van der Waals surface area contributed by atoms with E-state index in [1.165, 1.54) is 0 Å². The molecule has 1 amide bonds. The van der Waals surface area contributed by atoms with Crippen LogP contribution in [0, 0.1) is 17.2 Å². The molecule has 1 rings (SSSR count). The number of nitriles is 1. The van der Waals surface area contributed by atoms with E-state index in [-0.39, 0.29) is 18.1 Å². The number of carbonyl (C=O) groups excluding carboxylic acids is 1. The number of carbonyl (C=O) groups is 1. The van der Waals surface area contributed by atoms with Crippen molar-refractivity contribution in [3.63, 3.8) is 0 Å². The first-order valence-corrected chi connectivity index (χ1v) is 5.22. The van der Waals surface area contributed by atoms with Gasteiger partial charge in [-0.3, -0.25) is 0 Å². The van der Waals surface area contributed by atoms with Crippen molar-refractivity contribution in [2.75, 3.05) is 6.54 Å². The van der Waals surface area contributed by atoms with Crippen molar-refractivity contribution in [1.82, 2.24) is 4.90 Å². The van der Waals surface area contributed by atoms with E-state index in [0.29, 0.717) is 6.54 Å². The van der Waals surface area contributed by atoms with Gasteiger partial charge >= 0.3 is 6.09 Å². The highest BCUT2D eigenvalue weighted by Gasteiger charge is 2.34. The zero-order valence-corrected chi connectivity index (χ0v) is 9.78. The SMILES string of the molecule is CC1CC(C#N)CN1C(=O)OC(C)(C)C. The molecule has 0 bridgehead atoms. The van der Waals surface area contributed by atoms with E-state index < -0.39 is 5.60 Å². The number of rotatable bonds is 0. The van der Waals surface area contributed by atoms with E-state index in [0.717, 1.165) is 6.42 Å². The molecule has 0 saturated carbocycles. The normalized spacial score (nSPS) is 26.2. The van der Waals surface area contributed by atoms with Crippen molar-refractivity contribution in [2.24, 2.45) is 5.92 Å². The summed E-state index contributed by atoms with van der Waals surface area (Å²) in [6.07, 6.45) is 0.434. The van der Waals surface area contributed by atoms with E-state index in [2.05, 4.69) is 6.07 Å². The molecule has 1 aliphatic rings. The minimum Gasteiger partial charge on any atom is -0.444 e. The van der Waals surface area contributed by atoms with Crippen LogP contribution in [-0.2, 0) is 4.74 Å². The minimum atomic E-state index is -0.471. The molecule has 1 saturated heterocycles. The van der Waals surface area contributed by atoms with Crippen molar-refractivity contribution < 1.29 is 9.53 Å². The van der Waals surface area contributed by atoms with Gasteiger partial charge in [0.15, 0.2) is 0 Å². The lowest BCUT2D eigenvalue weighted by atomic mass is 10.1. The summed E-state index contributed by atoms with van der Waals surface area (Å²) >= 11 is 0. The third-order valence-electron chi connectivity index (χ3n) is 2.39. The van der Waals surface area contributed by atoms with Crippen LogP contribution in [0.4, 0.5) is 4.79 Å². The third kappa shape index (κ3) is 3.12. The van der Waals surface area contributed by atoms with E-state index >= 15 is 0 Å². The maximum Gasteiger partial charge on any atom is 0.410 e. The summed E-state index contributed by atoms with van der Waals surface area (Å²) in [6, 6.07) is 2.29. The highest BCUT2D eigenvalue weighted by molar-refractivity contribution is 5.69. The first-order valence-electron chi connectivity index (χ1n) is 5.22. The Morgan fingerprint density at radius 3 is 2.53 bits per heavy atom. The van der Waals surface area contributed by atoms with E-state index in [9.17, 15) is 4.79 Å². The molecule has 1 aliphatic heterocycles. The van der Waals surface area contributed by atoms with Gasteiger partial charge in [-0.1, -0.05) is 0 Å². The molecule has 0 spiro atoms. The standard InChI is InChI=1S/C11H18N2O2/c1-8-5-9(6-12)7-13(8)10(14)15-11(2,3)4/h8-9H,5,7H2,1-4H3. The van der Waals surface area contributed by atoms with Gasteiger partial charge in [0.1, 0.15) is 5.60 Å². The molecule has 0 aromatic heterocycles. The van der Waals surface area contributed by atoms with Crippen LogP contribution in [0.3, 0.4) is 0 Å². The zero-order chi connectivity index (χ0) is 11.6. The molecule has 84 valence electrons. The average molecular weight is 210 g/mol. The average Bonchev–Trinajstić information content (AvgIpc) is 2.43. The Bertz CT molecular complexity index is 288. The molecular formula is C11H18N2O2. The van der Waals surface area contributed by atoms with Gasteiger partial charge < -0.3 is 9.64 Å². The van der Waals surface area contributed by atoms with Crippen LogP contribution in [0.25, 0.3) is 0 Å². The molecule has 2 atom stereocenters. The maximum atomic E-state index is 11.7. The Hall–Kier alpha value is -1.24. The van der Waals surface area contributed by atoms with Gasteiger partial charge in [0.2, 0.25) is 0 Å². The fourth-order valence-electron chi connectivity index (χ4n) is 1.70. The van der Waals surface area contributed by atoms with Gasteiger partial charge in [-0.2, -0.15) is 5.26 Å². The molecule has 4 heteroatoms. The fourth-order valence-corrected chi connectivity index (χ4v) is 1.70. The summed E-state index contributed by atoms with van der Waals surface area (Å²) in [6.45, 7) is 7.96. The number of likely N-dealkylation sites (tertiary alicyclic amines) is 1. The smallest absolute Gasteiger partial charge is 0.410 e. The Balaban J connectivity index is 2.59. The predicted molar refractivity (Wildman–Crippen MR) is 56.1 cm³/mol. The van der Waals surface area contributed by atoms with Crippen LogP contribution < -0.4 is 0 Å². The van der Waals surface area contributed by atoms with Crippen LogP contribution >= 0.6 is 0 Å². The lowest BCUT2D eigenvalue weighted by molar-refractivity contribution is 0.0236. The summed E-state index contributed by atoms with van der Waals surface area (Å²) in [7, 11) is 0. The van der Waals surface area contributed by atoms with Crippen molar-refractivity contribution in [1.29, 1.82) is 5.26 Å². The molecular weight excluding hydrogens is 192 g/mol. The van der Waals surface area contributed by atoms with E-state index in [4.69, 9.17) is 10.00 Å². The van der Waals surface area contributed by atoms with Gasteiger partial charge in [-0.15, -0.1) is 0 Å². The summed E-state index contributed by atoms with van der Waals surface area (Å²) < 4.78 is 5.26. The van der Waals surface area contributed by atoms with Gasteiger partial charge in [0.05, 0.1) is 12.0 Å². The highest BCUT2D eigenvalue weighted by atomic mass is 16.6. The van der Waals surface area contributed by atoms with Gasteiger partial charge in [-0.25, -0.2) is 4.79 Å². The van der Waals surface area contributed by atoms with Crippen molar-refractivity contribution in [2.45, 2.75) is 45.8 Å². The Morgan fingerprint density at radius 2 is 2.13 bits per heavy atom. The fraction of sp³-hybridized carbons (Fsp3) is 0.818. The van der Waals surface area contributed by atoms with Crippen molar-refractivity contribution >= 4 is 6.09 Å². The summed E-state index contributed by atoms with van der Waals surface area (Å²) in [5.74, 6) is -0.0486. The van der Waals surface area contributed by atoms with Crippen molar-refractivity contribution in [3.8, 4) is 6.07 Å². The predicted octanol–water partition coefficient (Wildman–Crippen LogP) is 2.16. The van der Waals surface area contributed by atoms with Crippen LogP contribution in [0.15, 0.2) is 0 Å². The first kappa shape index (κ1) is 11.8. The monoisotopic (exact) mass is 210 g/mol. The van der Waals surface area contributed by atoms with Gasteiger partial charge in [-0.05, 0) is 34.1 Å². The molecule has 2 unspecified atom stereocenters. The highest BCUT2D eigenvalue weighted by Crippen LogP contribution is 2.24. The Kier molecular flexibility index (Phi) is 3.23. The molecule has 0 N–H and O–H groups in total. The molecule has 15 heavy (non-hydrogen) atoms. The van der Waals surface area contributed by atoms with Crippen LogP contribution in [0.1, 0.15) is 34.1 Å². The second kappa shape index (κ2) is 4.09. The molecule has 0 aliphatic carbocycles. The van der Waals surface area contributed by atoms with Crippen LogP contribution in [0.2, 0.25) is 0 Å². The third-order valence-corrected chi connectivity index (χ3v) is 2.39. The number of ether oxygens (including phenoxy) is 1. The zero-order valence-electron chi connectivity index (χ0n) is 9.78. The number of amides is 1. The van der Waals surface area contributed by atoms with Crippen LogP contribution in [0.5, 0.6) is 0 Å². The number of hydrogen-bond donors (Lipinski definition) is 0. The van der Waals surface area contributed by atoms with Gasteiger partial charge in [0.25, 0.3) is 0 Å². The molecule has 0 radical (unpaired) electrons. The maximum absolute atomic E-state index is 11.7. The summed E-state index contributed by atoms with van der Waals surface area (Å²) in [5.41, 5.74) is -0.471. The number of nitrogens with zero attached hydrogens (tertiary/aromatic N) is 2. The molecule has 4 nitrogen and oxygen atoms in total. The first-order chi connectivity index (χ1) is 6.83. The van der Waals surface area contributed by atoms with Crippen LogP contribution in [-0.4, -0.2) is 29.2 Å². The Morgan fingerprint density at radius 1 is 1.53 bits per heavy atom. The van der Waals surface area contributed by atoms with Gasteiger partial charge in [0, 0.05) is 12.6 Å². The largest absolute Gasteiger partial charge is 0.444 e. The second-order valence-corrected chi connectivity index (χ2v) is 5.04. The lowest BCUT2D eigenvalue weighted by Crippen LogP contribution is -2.38.